The third kappa shape index (κ3) is 3.64. The van der Waals surface area contributed by atoms with Gasteiger partial charge in [-0.15, -0.1) is 0 Å². The molecule has 0 aromatic heterocycles. The zero-order chi connectivity index (χ0) is 15.3. The van der Waals surface area contributed by atoms with Crippen LogP contribution in [0.25, 0.3) is 0 Å². The summed E-state index contributed by atoms with van der Waals surface area (Å²) in [5, 5.41) is 8.77. The van der Waals surface area contributed by atoms with Gasteiger partial charge in [0.2, 0.25) is 5.91 Å². The first kappa shape index (κ1) is 15.4. The maximum absolute atomic E-state index is 11.9. The molecule has 7 nitrogen and oxygen atoms in total. The van der Waals surface area contributed by atoms with Crippen molar-refractivity contribution in [3.8, 4) is 0 Å². The molecule has 0 saturated heterocycles. The fraction of sp³-hybridized carbons (Fsp3) is 0.231. The summed E-state index contributed by atoms with van der Waals surface area (Å²) in [5.74, 6) is -3.14. The maximum atomic E-state index is 11.9. The Kier molecular flexibility index (Phi) is 4.96. The van der Waals surface area contributed by atoms with Crippen molar-refractivity contribution in [3.05, 3.63) is 30.3 Å². The molecule has 1 aromatic rings. The Morgan fingerprint density at radius 3 is 2.25 bits per heavy atom. The maximum Gasteiger partial charge on any atom is 0.413 e. The number of ketones is 1. The Morgan fingerprint density at radius 1 is 1.25 bits per heavy atom. The van der Waals surface area contributed by atoms with Gasteiger partial charge in [0.15, 0.2) is 5.92 Å². The number of imide groups is 1. The van der Waals surface area contributed by atoms with E-state index in [-0.39, 0.29) is 5.84 Å². The fourth-order valence-electron chi connectivity index (χ4n) is 1.51. The number of para-hydroxylation sites is 1. The van der Waals surface area contributed by atoms with Crippen LogP contribution in [0.3, 0.4) is 0 Å². The lowest BCUT2D eigenvalue weighted by molar-refractivity contribution is -0.135. The molecule has 1 aromatic carbocycles. The zero-order valence-electron chi connectivity index (χ0n) is 11.1. The second-order valence-electron chi connectivity index (χ2n) is 4.10. The lowest BCUT2D eigenvalue weighted by Crippen LogP contribution is -2.45. The number of carbonyl (C=O) groups is 3. The monoisotopic (exact) mass is 277 g/mol. The largest absolute Gasteiger partial charge is 0.465 e. The first-order chi connectivity index (χ1) is 9.34. The van der Waals surface area contributed by atoms with Crippen molar-refractivity contribution in [3.63, 3.8) is 0 Å². The van der Waals surface area contributed by atoms with Gasteiger partial charge in [-0.1, -0.05) is 18.2 Å². The van der Waals surface area contributed by atoms with Crippen molar-refractivity contribution in [1.29, 1.82) is 0 Å². The van der Waals surface area contributed by atoms with Gasteiger partial charge in [-0.05, 0) is 19.1 Å². The molecule has 106 valence electrons. The molecule has 0 spiro atoms. The van der Waals surface area contributed by atoms with Gasteiger partial charge in [0.1, 0.15) is 11.6 Å². The Balaban J connectivity index is 3.09. The molecule has 0 aliphatic heterocycles. The molecule has 1 unspecified atom stereocenters. The van der Waals surface area contributed by atoms with Crippen LogP contribution < -0.4 is 5.73 Å². The Bertz CT molecular complexity index is 554. The number of amidine groups is 1. The summed E-state index contributed by atoms with van der Waals surface area (Å²) in [7, 11) is 1.05. The predicted molar refractivity (Wildman–Crippen MR) is 72.7 cm³/mol. The van der Waals surface area contributed by atoms with Gasteiger partial charge in [0.05, 0.1) is 5.69 Å². The molecular formula is C13H15N3O4. The van der Waals surface area contributed by atoms with Crippen LogP contribution >= 0.6 is 0 Å². The van der Waals surface area contributed by atoms with Gasteiger partial charge in [-0.2, -0.15) is 0 Å². The number of Topliss-reactive ketones (excluding diaryl/α,β-unsaturated/α-hetero) is 1. The Morgan fingerprint density at radius 2 is 1.80 bits per heavy atom. The lowest BCUT2D eigenvalue weighted by Gasteiger charge is -2.17. The average molecular weight is 277 g/mol. The first-order valence-electron chi connectivity index (χ1n) is 5.74. The number of aliphatic imine (C=N–C) groups is 1. The summed E-state index contributed by atoms with van der Waals surface area (Å²) < 4.78 is 0. The summed E-state index contributed by atoms with van der Waals surface area (Å²) in [6.07, 6.45) is -1.46. The van der Waals surface area contributed by atoms with Crippen LogP contribution in [0, 0.1) is 5.92 Å². The molecule has 0 aliphatic carbocycles. The smallest absolute Gasteiger partial charge is 0.413 e. The third-order valence-corrected chi connectivity index (χ3v) is 2.58. The lowest BCUT2D eigenvalue weighted by atomic mass is 10.0. The Hall–Kier alpha value is -2.70. The van der Waals surface area contributed by atoms with Gasteiger partial charge < -0.3 is 10.8 Å². The van der Waals surface area contributed by atoms with Crippen molar-refractivity contribution in [2.75, 3.05) is 7.05 Å². The van der Waals surface area contributed by atoms with Crippen LogP contribution in [0.1, 0.15) is 6.92 Å². The molecule has 0 radical (unpaired) electrons. The highest BCUT2D eigenvalue weighted by Crippen LogP contribution is 2.13. The van der Waals surface area contributed by atoms with Gasteiger partial charge in [0.25, 0.3) is 0 Å². The van der Waals surface area contributed by atoms with Crippen LogP contribution in [0.2, 0.25) is 0 Å². The number of nitrogens with zero attached hydrogens (tertiary/aromatic N) is 2. The van der Waals surface area contributed by atoms with E-state index in [4.69, 9.17) is 10.8 Å². The molecule has 0 heterocycles. The molecule has 7 heteroatoms. The van der Waals surface area contributed by atoms with Crippen LogP contribution in [0.4, 0.5) is 10.5 Å². The highest BCUT2D eigenvalue weighted by molar-refractivity contribution is 6.20. The van der Waals surface area contributed by atoms with Gasteiger partial charge in [0, 0.05) is 7.05 Å². The second-order valence-corrected chi connectivity index (χ2v) is 4.10. The summed E-state index contributed by atoms with van der Waals surface area (Å²) >= 11 is 0. The predicted octanol–water partition coefficient (Wildman–Crippen LogP) is 1.02. The molecule has 0 saturated carbocycles. The SMILES string of the molecule is CC(=O)C(C(=O)N(C)C(=O)O)C(N)=Nc1ccccc1. The number of carbonyl (C=O) groups excluding carboxylic acids is 2. The molecule has 0 aliphatic rings. The normalized spacial score (nSPS) is 12.6. The summed E-state index contributed by atoms with van der Waals surface area (Å²) in [6.45, 7) is 1.16. The number of nitrogens with two attached hydrogens (primary N) is 1. The molecule has 20 heavy (non-hydrogen) atoms. The van der Waals surface area contributed by atoms with Crippen molar-refractivity contribution < 1.29 is 19.5 Å². The number of hydrogen-bond acceptors (Lipinski definition) is 4. The van der Waals surface area contributed by atoms with E-state index >= 15 is 0 Å². The number of benzene rings is 1. The fourth-order valence-corrected chi connectivity index (χ4v) is 1.51. The first-order valence-corrected chi connectivity index (χ1v) is 5.74. The van der Waals surface area contributed by atoms with E-state index in [0.717, 1.165) is 14.0 Å². The molecule has 0 bridgehead atoms. The number of rotatable bonds is 4. The zero-order valence-corrected chi connectivity index (χ0v) is 11.1. The van der Waals surface area contributed by atoms with Crippen molar-refractivity contribution in [2.24, 2.45) is 16.6 Å². The molecular weight excluding hydrogens is 262 g/mol. The topological polar surface area (TPSA) is 113 Å². The standard InChI is InChI=1S/C13H15N3O4/c1-8(17)10(12(18)16(2)13(19)20)11(14)15-9-6-4-3-5-7-9/h3-7,10H,1-2H3,(H2,14,15)(H,19,20). The number of hydrogen-bond donors (Lipinski definition) is 2. The van der Waals surface area contributed by atoms with E-state index in [0.29, 0.717) is 10.6 Å². The van der Waals surface area contributed by atoms with E-state index < -0.39 is 23.7 Å². The van der Waals surface area contributed by atoms with E-state index in [1.807, 2.05) is 0 Å². The third-order valence-electron chi connectivity index (χ3n) is 2.58. The minimum Gasteiger partial charge on any atom is -0.465 e. The van der Waals surface area contributed by atoms with Gasteiger partial charge in [-0.3, -0.25) is 9.59 Å². The van der Waals surface area contributed by atoms with E-state index in [2.05, 4.69) is 4.99 Å². The number of carboxylic acid groups (broad SMARTS) is 1. The molecule has 1 atom stereocenters. The van der Waals surface area contributed by atoms with Crippen molar-refractivity contribution in [1.82, 2.24) is 4.90 Å². The highest BCUT2D eigenvalue weighted by Gasteiger charge is 2.32. The summed E-state index contributed by atoms with van der Waals surface area (Å²) in [5.41, 5.74) is 6.15. The van der Waals surface area contributed by atoms with E-state index in [1.165, 1.54) is 0 Å². The van der Waals surface area contributed by atoms with Crippen LogP contribution in [-0.4, -0.2) is 40.7 Å². The van der Waals surface area contributed by atoms with Crippen LogP contribution in [0.15, 0.2) is 35.3 Å². The molecule has 0 fully saturated rings. The second kappa shape index (κ2) is 6.46. The van der Waals surface area contributed by atoms with Crippen molar-refractivity contribution in [2.45, 2.75) is 6.92 Å². The Labute approximate surface area is 115 Å². The summed E-state index contributed by atoms with van der Waals surface area (Å²) in [4.78, 5) is 38.6. The van der Waals surface area contributed by atoms with Crippen LogP contribution in [0.5, 0.6) is 0 Å². The van der Waals surface area contributed by atoms with Gasteiger partial charge in [-0.25, -0.2) is 14.7 Å². The minimum atomic E-state index is -1.46. The quantitative estimate of drug-likeness (QED) is 0.484. The summed E-state index contributed by atoms with van der Waals surface area (Å²) in [6, 6.07) is 8.52. The number of amides is 2. The van der Waals surface area contributed by atoms with Crippen molar-refractivity contribution >= 4 is 29.3 Å². The van der Waals surface area contributed by atoms with E-state index in [9.17, 15) is 14.4 Å². The van der Waals surface area contributed by atoms with Gasteiger partial charge >= 0.3 is 6.09 Å². The molecule has 1 rings (SSSR count). The van der Waals surface area contributed by atoms with E-state index in [1.54, 1.807) is 30.3 Å². The molecule has 2 amide bonds. The average Bonchev–Trinajstić information content (AvgIpc) is 2.38. The minimum absolute atomic E-state index is 0.234. The molecule has 3 N–H and O–H groups in total. The van der Waals surface area contributed by atoms with Crippen LogP contribution in [-0.2, 0) is 9.59 Å². The highest BCUT2D eigenvalue weighted by atomic mass is 16.4.